The average Bonchev–Trinajstić information content (AvgIpc) is 3.01. The van der Waals surface area contributed by atoms with Crippen LogP contribution in [0.1, 0.15) is 29.9 Å². The number of piperidine rings is 1. The van der Waals surface area contributed by atoms with Crippen molar-refractivity contribution in [3.63, 3.8) is 0 Å². The summed E-state index contributed by atoms with van der Waals surface area (Å²) in [4.78, 5) is 27.7. The molecule has 3 rings (SSSR count). The molecule has 0 atom stereocenters. The number of aryl methyl sites for hydroxylation is 2. The highest BCUT2D eigenvalue weighted by molar-refractivity contribution is 5.83. The Morgan fingerprint density at radius 3 is 2.71 bits per heavy atom. The van der Waals surface area contributed by atoms with Gasteiger partial charge in [-0.2, -0.15) is 0 Å². The minimum Gasteiger partial charge on any atom is -0.441 e. The molecular formula is C16H24N4O4. The molecule has 0 aliphatic carbocycles. The van der Waals surface area contributed by atoms with E-state index in [0.29, 0.717) is 18.8 Å². The van der Waals surface area contributed by atoms with Crippen LogP contribution in [0.2, 0.25) is 0 Å². The van der Waals surface area contributed by atoms with E-state index in [-0.39, 0.29) is 12.5 Å². The molecule has 0 bridgehead atoms. The van der Waals surface area contributed by atoms with Gasteiger partial charge in [0, 0.05) is 25.5 Å². The van der Waals surface area contributed by atoms with Crippen LogP contribution in [-0.2, 0) is 16.1 Å². The van der Waals surface area contributed by atoms with E-state index in [2.05, 4.69) is 10.5 Å². The first kappa shape index (κ1) is 16.8. The summed E-state index contributed by atoms with van der Waals surface area (Å²) in [5, 5.41) is 7.16. The second kappa shape index (κ2) is 6.43. The summed E-state index contributed by atoms with van der Waals surface area (Å²) < 4.78 is 10.7. The number of carbonyl (C=O) groups is 2. The Morgan fingerprint density at radius 1 is 1.38 bits per heavy atom. The SMILES string of the molecule is Cc1noc(C)c1CN(C)C(=O)CN1CC2(CCNCC2)OC1=O. The Hall–Kier alpha value is -2.09. The molecule has 0 unspecified atom stereocenters. The molecule has 1 N–H and O–H groups in total. The first-order valence-corrected chi connectivity index (χ1v) is 8.24. The lowest BCUT2D eigenvalue weighted by Crippen LogP contribution is -2.46. The van der Waals surface area contributed by atoms with Crippen molar-refractivity contribution < 1.29 is 18.8 Å². The number of hydrogen-bond donors (Lipinski definition) is 1. The van der Waals surface area contributed by atoms with Gasteiger partial charge in [-0.3, -0.25) is 9.69 Å². The number of likely N-dealkylation sites (N-methyl/N-ethyl adjacent to an activating group) is 1. The second-order valence-corrected chi connectivity index (χ2v) is 6.71. The Bertz CT molecular complexity index is 617. The fraction of sp³-hybridized carbons (Fsp3) is 0.688. The molecule has 24 heavy (non-hydrogen) atoms. The van der Waals surface area contributed by atoms with E-state index in [1.165, 1.54) is 4.90 Å². The quantitative estimate of drug-likeness (QED) is 0.876. The zero-order chi connectivity index (χ0) is 17.3. The standard InChI is InChI=1S/C16H24N4O4/c1-11-13(12(2)24-18-11)8-19(3)14(21)9-20-10-16(23-15(20)22)4-6-17-7-5-16/h17H,4-10H2,1-3H3. The Labute approximate surface area is 141 Å². The van der Waals surface area contributed by atoms with Gasteiger partial charge in [0.25, 0.3) is 0 Å². The van der Waals surface area contributed by atoms with Crippen LogP contribution in [0.5, 0.6) is 0 Å². The van der Waals surface area contributed by atoms with Crippen molar-refractivity contribution in [2.75, 3.05) is 33.2 Å². The summed E-state index contributed by atoms with van der Waals surface area (Å²) >= 11 is 0. The minimum absolute atomic E-state index is 0.0356. The Morgan fingerprint density at radius 2 is 2.08 bits per heavy atom. The van der Waals surface area contributed by atoms with Gasteiger partial charge in [0.1, 0.15) is 17.9 Å². The number of nitrogens with one attached hydrogen (secondary N) is 1. The van der Waals surface area contributed by atoms with Crippen LogP contribution in [0.3, 0.4) is 0 Å². The molecule has 0 radical (unpaired) electrons. The number of ether oxygens (including phenoxy) is 1. The molecule has 0 aromatic carbocycles. The molecule has 2 aliphatic heterocycles. The van der Waals surface area contributed by atoms with Crippen LogP contribution in [0.4, 0.5) is 4.79 Å². The third kappa shape index (κ3) is 3.24. The number of amides is 2. The maximum Gasteiger partial charge on any atom is 0.410 e. The van der Waals surface area contributed by atoms with Gasteiger partial charge in [-0.1, -0.05) is 5.16 Å². The van der Waals surface area contributed by atoms with Gasteiger partial charge in [-0.25, -0.2) is 4.79 Å². The van der Waals surface area contributed by atoms with Crippen molar-refractivity contribution in [3.05, 3.63) is 17.0 Å². The molecule has 1 aromatic heterocycles. The highest BCUT2D eigenvalue weighted by Gasteiger charge is 2.46. The van der Waals surface area contributed by atoms with Gasteiger partial charge >= 0.3 is 6.09 Å². The third-order valence-electron chi connectivity index (χ3n) is 4.88. The first-order chi connectivity index (χ1) is 11.4. The van der Waals surface area contributed by atoms with Gasteiger partial charge in [0.15, 0.2) is 0 Å². The minimum atomic E-state index is -0.428. The maximum atomic E-state index is 12.5. The van der Waals surface area contributed by atoms with Crippen LogP contribution >= 0.6 is 0 Å². The lowest BCUT2D eigenvalue weighted by molar-refractivity contribution is -0.131. The van der Waals surface area contributed by atoms with E-state index in [9.17, 15) is 9.59 Å². The number of carbonyl (C=O) groups excluding carboxylic acids is 2. The van der Waals surface area contributed by atoms with Crippen molar-refractivity contribution in [2.45, 2.75) is 38.8 Å². The van der Waals surface area contributed by atoms with Gasteiger partial charge in [-0.15, -0.1) is 0 Å². The molecule has 1 aromatic rings. The highest BCUT2D eigenvalue weighted by Crippen LogP contribution is 2.31. The Kier molecular flexibility index (Phi) is 4.49. The van der Waals surface area contributed by atoms with Crippen molar-refractivity contribution in [1.82, 2.24) is 20.3 Å². The molecule has 2 fully saturated rings. The summed E-state index contributed by atoms with van der Waals surface area (Å²) in [6.07, 6.45) is 1.19. The van der Waals surface area contributed by atoms with E-state index in [1.54, 1.807) is 11.9 Å². The van der Waals surface area contributed by atoms with E-state index in [0.717, 1.165) is 37.2 Å². The van der Waals surface area contributed by atoms with E-state index in [4.69, 9.17) is 9.26 Å². The lowest BCUT2D eigenvalue weighted by atomic mass is 9.92. The average molecular weight is 336 g/mol. The maximum absolute atomic E-state index is 12.5. The molecule has 2 amide bonds. The van der Waals surface area contributed by atoms with Gasteiger partial charge in [0.05, 0.1) is 18.8 Å². The molecule has 2 saturated heterocycles. The fourth-order valence-corrected chi connectivity index (χ4v) is 3.29. The number of hydrogen-bond acceptors (Lipinski definition) is 6. The molecule has 132 valence electrons. The molecule has 1 spiro atoms. The summed E-state index contributed by atoms with van der Waals surface area (Å²) in [5.41, 5.74) is 1.26. The second-order valence-electron chi connectivity index (χ2n) is 6.71. The first-order valence-electron chi connectivity index (χ1n) is 8.24. The van der Waals surface area contributed by atoms with Crippen molar-refractivity contribution in [2.24, 2.45) is 0 Å². The number of rotatable bonds is 4. The van der Waals surface area contributed by atoms with Crippen LogP contribution in [0, 0.1) is 13.8 Å². The van der Waals surface area contributed by atoms with Gasteiger partial charge < -0.3 is 19.5 Å². The van der Waals surface area contributed by atoms with Crippen LogP contribution in [0.15, 0.2) is 4.52 Å². The summed E-state index contributed by atoms with van der Waals surface area (Å²) in [7, 11) is 1.72. The number of nitrogens with zero attached hydrogens (tertiary/aromatic N) is 3. The van der Waals surface area contributed by atoms with E-state index >= 15 is 0 Å². The molecule has 8 nitrogen and oxygen atoms in total. The van der Waals surface area contributed by atoms with Crippen molar-refractivity contribution >= 4 is 12.0 Å². The molecule has 0 saturated carbocycles. The highest BCUT2D eigenvalue weighted by atomic mass is 16.6. The molecule has 8 heteroatoms. The Balaban J connectivity index is 1.59. The van der Waals surface area contributed by atoms with E-state index < -0.39 is 11.7 Å². The van der Waals surface area contributed by atoms with Crippen LogP contribution in [-0.4, -0.2) is 65.8 Å². The fourth-order valence-electron chi connectivity index (χ4n) is 3.29. The normalized spacial score (nSPS) is 19.6. The van der Waals surface area contributed by atoms with Gasteiger partial charge in [-0.05, 0) is 26.9 Å². The topological polar surface area (TPSA) is 87.9 Å². The number of aromatic nitrogens is 1. The zero-order valence-electron chi connectivity index (χ0n) is 14.4. The predicted molar refractivity (Wildman–Crippen MR) is 85.3 cm³/mol. The largest absolute Gasteiger partial charge is 0.441 e. The van der Waals surface area contributed by atoms with E-state index in [1.807, 2.05) is 13.8 Å². The molecular weight excluding hydrogens is 312 g/mol. The summed E-state index contributed by atoms with van der Waals surface area (Å²) in [6, 6.07) is 0. The van der Waals surface area contributed by atoms with Crippen molar-refractivity contribution in [1.29, 1.82) is 0 Å². The van der Waals surface area contributed by atoms with Crippen molar-refractivity contribution in [3.8, 4) is 0 Å². The molecule has 2 aliphatic rings. The third-order valence-corrected chi connectivity index (χ3v) is 4.88. The summed E-state index contributed by atoms with van der Waals surface area (Å²) in [5.74, 6) is 0.583. The van der Waals surface area contributed by atoms with Gasteiger partial charge in [0.2, 0.25) is 5.91 Å². The van der Waals surface area contributed by atoms with Crippen LogP contribution in [0.25, 0.3) is 0 Å². The monoisotopic (exact) mass is 336 g/mol. The zero-order valence-corrected chi connectivity index (χ0v) is 14.4. The summed E-state index contributed by atoms with van der Waals surface area (Å²) in [6.45, 7) is 6.28. The smallest absolute Gasteiger partial charge is 0.410 e. The molecule has 3 heterocycles. The lowest BCUT2D eigenvalue weighted by Gasteiger charge is -2.31. The predicted octanol–water partition coefficient (Wildman–Crippen LogP) is 0.824. The van der Waals surface area contributed by atoms with Crippen LogP contribution < -0.4 is 5.32 Å².